The molecule has 1 unspecified atom stereocenters. The maximum atomic E-state index is 5.62. The van der Waals surface area contributed by atoms with Gasteiger partial charge < -0.3 is 18.9 Å². The lowest BCUT2D eigenvalue weighted by Crippen LogP contribution is -3.09. The second-order valence-electron chi connectivity index (χ2n) is 7.01. The van der Waals surface area contributed by atoms with Crippen LogP contribution in [0.2, 0.25) is 0 Å². The fourth-order valence-electron chi connectivity index (χ4n) is 4.51. The summed E-state index contributed by atoms with van der Waals surface area (Å²) in [5, 5.41) is 0. The monoisotopic (exact) mass is 336 g/mol. The van der Waals surface area contributed by atoms with Crippen LogP contribution in [0.1, 0.15) is 29.2 Å². The van der Waals surface area contributed by atoms with Crippen LogP contribution >= 0.6 is 0 Å². The van der Waals surface area contributed by atoms with E-state index in [2.05, 4.69) is 31.2 Å². The van der Waals surface area contributed by atoms with E-state index in [4.69, 9.17) is 18.9 Å². The van der Waals surface area contributed by atoms with E-state index in [1.807, 2.05) is 0 Å². The van der Waals surface area contributed by atoms with Crippen LogP contribution in [0.15, 0.2) is 24.3 Å². The molecule has 2 aromatic carbocycles. The molecule has 0 bridgehead atoms. The third-order valence-electron chi connectivity index (χ3n) is 5.70. The topological polar surface area (TPSA) is 41.4 Å². The number of ether oxygens (including phenoxy) is 4. The Labute approximate surface area is 145 Å². The molecular weight excluding hydrogens is 318 g/mol. The van der Waals surface area contributed by atoms with Crippen molar-refractivity contribution in [2.45, 2.75) is 19.9 Å². The van der Waals surface area contributed by atoms with Crippen molar-refractivity contribution in [3.05, 3.63) is 46.5 Å². The standard InChI is InChI=1S/C20H17NO4/c1-11-14-6-18-17(23-10-24-18)5-13(14)8-21-3-2-12-4-16-19(25-9-22-16)7-15(12)20(11)21/h4-7H,2-3,8-10H2,1H3/p+1. The maximum Gasteiger partial charge on any atom is 0.231 e. The first kappa shape index (κ1) is 13.6. The Morgan fingerprint density at radius 1 is 0.760 bits per heavy atom. The van der Waals surface area contributed by atoms with E-state index < -0.39 is 0 Å². The van der Waals surface area contributed by atoms with Crippen LogP contribution in [0.3, 0.4) is 0 Å². The van der Waals surface area contributed by atoms with Gasteiger partial charge in [0.05, 0.1) is 6.54 Å². The van der Waals surface area contributed by atoms with Gasteiger partial charge in [-0.3, -0.25) is 4.90 Å². The van der Waals surface area contributed by atoms with E-state index in [9.17, 15) is 0 Å². The zero-order valence-electron chi connectivity index (χ0n) is 14.0. The molecule has 4 heterocycles. The Morgan fingerprint density at radius 2 is 1.36 bits per heavy atom. The normalized spacial score (nSPS) is 21.7. The Kier molecular flexibility index (Phi) is 2.56. The predicted molar refractivity (Wildman–Crippen MR) is 90.9 cm³/mol. The second kappa shape index (κ2) is 4.70. The molecule has 1 atom stereocenters. The number of benzene rings is 2. The first-order valence-corrected chi connectivity index (χ1v) is 8.69. The Bertz CT molecular complexity index is 963. The molecule has 1 N–H and O–H groups in total. The van der Waals surface area contributed by atoms with Crippen molar-refractivity contribution in [1.82, 2.24) is 0 Å². The summed E-state index contributed by atoms with van der Waals surface area (Å²) in [6.45, 7) is 4.92. The molecule has 6 rings (SSSR count). The fraction of sp³-hybridized carbons (Fsp3) is 0.300. The van der Waals surface area contributed by atoms with Crippen LogP contribution in [0.4, 0.5) is 0 Å². The van der Waals surface area contributed by atoms with E-state index >= 15 is 0 Å². The van der Waals surface area contributed by atoms with Gasteiger partial charge in [0.1, 0.15) is 12.2 Å². The van der Waals surface area contributed by atoms with Crippen molar-refractivity contribution >= 4 is 11.3 Å². The molecule has 2 aromatic rings. The first-order valence-electron chi connectivity index (χ1n) is 8.69. The summed E-state index contributed by atoms with van der Waals surface area (Å²) in [4.78, 5) is 1.51. The third-order valence-corrected chi connectivity index (χ3v) is 5.70. The van der Waals surface area contributed by atoms with Crippen LogP contribution in [0.5, 0.6) is 23.0 Å². The number of allylic oxidation sites excluding steroid dienone is 1. The fourth-order valence-corrected chi connectivity index (χ4v) is 4.51. The van der Waals surface area contributed by atoms with E-state index in [1.54, 1.807) is 0 Å². The van der Waals surface area contributed by atoms with Crippen molar-refractivity contribution in [3.63, 3.8) is 0 Å². The van der Waals surface area contributed by atoms with Gasteiger partial charge in [-0.15, -0.1) is 0 Å². The average Bonchev–Trinajstić information content (AvgIpc) is 3.26. The van der Waals surface area contributed by atoms with Crippen molar-refractivity contribution in [2.24, 2.45) is 0 Å². The summed E-state index contributed by atoms with van der Waals surface area (Å²) in [5.41, 5.74) is 7.95. The molecule has 0 fully saturated rings. The van der Waals surface area contributed by atoms with Gasteiger partial charge in [-0.05, 0) is 42.3 Å². The van der Waals surface area contributed by atoms with E-state index in [1.165, 1.54) is 38.4 Å². The van der Waals surface area contributed by atoms with Gasteiger partial charge >= 0.3 is 0 Å². The zero-order valence-corrected chi connectivity index (χ0v) is 14.0. The number of nitrogens with one attached hydrogen (secondary N) is 1. The van der Waals surface area contributed by atoms with Crippen LogP contribution in [0, 0.1) is 0 Å². The summed E-state index contributed by atoms with van der Waals surface area (Å²) < 4.78 is 22.3. The molecule has 0 amide bonds. The van der Waals surface area contributed by atoms with Crippen molar-refractivity contribution < 1.29 is 23.8 Å². The lowest BCUT2D eigenvalue weighted by atomic mass is 9.86. The second-order valence-corrected chi connectivity index (χ2v) is 7.01. The van der Waals surface area contributed by atoms with Crippen molar-refractivity contribution in [1.29, 1.82) is 0 Å². The van der Waals surface area contributed by atoms with Crippen LogP contribution in [-0.4, -0.2) is 20.1 Å². The van der Waals surface area contributed by atoms with E-state index in [0.29, 0.717) is 13.6 Å². The summed E-state index contributed by atoms with van der Waals surface area (Å²) in [6.07, 6.45) is 1.05. The molecular formula is C20H18NO4+. The van der Waals surface area contributed by atoms with E-state index in [0.717, 1.165) is 42.5 Å². The van der Waals surface area contributed by atoms with Crippen molar-refractivity contribution in [2.75, 3.05) is 20.1 Å². The molecule has 0 saturated carbocycles. The van der Waals surface area contributed by atoms with Gasteiger partial charge in [-0.2, -0.15) is 0 Å². The molecule has 5 nitrogen and oxygen atoms in total. The summed E-state index contributed by atoms with van der Waals surface area (Å²) in [5.74, 6) is 3.45. The smallest absolute Gasteiger partial charge is 0.231 e. The highest BCUT2D eigenvalue weighted by Gasteiger charge is 2.36. The van der Waals surface area contributed by atoms with Crippen molar-refractivity contribution in [3.8, 4) is 23.0 Å². The van der Waals surface area contributed by atoms with Gasteiger partial charge in [0.15, 0.2) is 23.0 Å². The van der Waals surface area contributed by atoms with Gasteiger partial charge in [-0.25, -0.2) is 0 Å². The lowest BCUT2D eigenvalue weighted by molar-refractivity contribution is -0.842. The molecule has 25 heavy (non-hydrogen) atoms. The van der Waals surface area contributed by atoms with Crippen LogP contribution in [0.25, 0.3) is 11.3 Å². The van der Waals surface area contributed by atoms with Crippen LogP contribution < -0.4 is 23.8 Å². The van der Waals surface area contributed by atoms with Gasteiger partial charge in [0.2, 0.25) is 13.6 Å². The highest BCUT2D eigenvalue weighted by Crippen LogP contribution is 2.42. The largest absolute Gasteiger partial charge is 0.454 e. The summed E-state index contributed by atoms with van der Waals surface area (Å²) >= 11 is 0. The number of quaternary nitrogens is 1. The molecule has 0 spiro atoms. The van der Waals surface area contributed by atoms with E-state index in [-0.39, 0.29) is 0 Å². The molecule has 126 valence electrons. The predicted octanol–water partition coefficient (Wildman–Crippen LogP) is 1.99. The number of hydrogen-bond donors (Lipinski definition) is 1. The minimum atomic E-state index is 0.316. The molecule has 4 aliphatic heterocycles. The molecule has 0 saturated heterocycles. The SMILES string of the molecule is CC1=C2c3cc4c(cc3CC[NH+]2Cc2cc3c(cc21)OCO3)OCO4. The zero-order chi connectivity index (χ0) is 16.5. The third kappa shape index (κ3) is 1.81. The molecule has 5 heteroatoms. The van der Waals surface area contributed by atoms with Gasteiger partial charge in [0, 0.05) is 23.1 Å². The Morgan fingerprint density at radius 3 is 2.08 bits per heavy atom. The van der Waals surface area contributed by atoms with Gasteiger partial charge in [0.25, 0.3) is 0 Å². The molecule has 0 aliphatic carbocycles. The number of fused-ring (bicyclic) bond motifs is 6. The minimum Gasteiger partial charge on any atom is -0.454 e. The molecule has 4 aliphatic rings. The Hall–Kier alpha value is -2.66. The molecule has 0 radical (unpaired) electrons. The summed E-state index contributed by atoms with van der Waals surface area (Å²) in [7, 11) is 0. The highest BCUT2D eigenvalue weighted by molar-refractivity contribution is 5.90. The highest BCUT2D eigenvalue weighted by atomic mass is 16.7. The van der Waals surface area contributed by atoms with Crippen LogP contribution in [-0.2, 0) is 13.0 Å². The quantitative estimate of drug-likeness (QED) is 0.799. The number of hydrogen-bond acceptors (Lipinski definition) is 4. The maximum absolute atomic E-state index is 5.62. The summed E-state index contributed by atoms with van der Waals surface area (Å²) in [6, 6.07) is 8.61. The average molecular weight is 336 g/mol. The first-order chi connectivity index (χ1) is 12.3. The Balaban J connectivity index is 1.57. The minimum absolute atomic E-state index is 0.316. The van der Waals surface area contributed by atoms with Gasteiger partial charge in [-0.1, -0.05) is 0 Å². The number of rotatable bonds is 0. The lowest BCUT2D eigenvalue weighted by Gasteiger charge is -2.34. The molecule has 0 aromatic heterocycles.